The fourth-order valence-electron chi connectivity index (χ4n) is 5.59. The average molecular weight is 272 g/mol. The van der Waals surface area contributed by atoms with Crippen LogP contribution in [0, 0.1) is 17.3 Å². The van der Waals surface area contributed by atoms with E-state index >= 15 is 0 Å². The zero-order valence-electron chi connectivity index (χ0n) is 12.2. The van der Waals surface area contributed by atoms with E-state index in [0.717, 1.165) is 25.2 Å². The SMILES string of the molecule is C[C@@]12CC[C@@H]3c4ccc(O)cc4CC[C@@H]3[C@@H]1C[C@H](O)C2. The maximum absolute atomic E-state index is 10.1. The maximum Gasteiger partial charge on any atom is 0.115 e. The van der Waals surface area contributed by atoms with Crippen LogP contribution in [0.25, 0.3) is 0 Å². The van der Waals surface area contributed by atoms with Gasteiger partial charge in [0.1, 0.15) is 5.75 Å². The van der Waals surface area contributed by atoms with Crippen LogP contribution in [-0.4, -0.2) is 16.3 Å². The van der Waals surface area contributed by atoms with Gasteiger partial charge in [-0.15, -0.1) is 0 Å². The van der Waals surface area contributed by atoms with Gasteiger partial charge in [0.25, 0.3) is 0 Å². The van der Waals surface area contributed by atoms with Gasteiger partial charge >= 0.3 is 0 Å². The van der Waals surface area contributed by atoms with Crippen LogP contribution in [0.3, 0.4) is 0 Å². The van der Waals surface area contributed by atoms with Gasteiger partial charge in [-0.3, -0.25) is 0 Å². The molecule has 0 spiro atoms. The largest absolute Gasteiger partial charge is 0.508 e. The summed E-state index contributed by atoms with van der Waals surface area (Å²) in [6.07, 6.45) is 6.75. The normalized spacial score (nSPS) is 42.7. The van der Waals surface area contributed by atoms with Gasteiger partial charge in [-0.1, -0.05) is 13.0 Å². The van der Waals surface area contributed by atoms with Gasteiger partial charge in [0.15, 0.2) is 0 Å². The number of phenols is 1. The van der Waals surface area contributed by atoms with Crippen molar-refractivity contribution in [3.8, 4) is 5.75 Å². The zero-order valence-corrected chi connectivity index (χ0v) is 12.2. The zero-order chi connectivity index (χ0) is 13.9. The lowest BCUT2D eigenvalue weighted by Crippen LogP contribution is -2.39. The first-order valence-corrected chi connectivity index (χ1v) is 8.07. The summed E-state index contributed by atoms with van der Waals surface area (Å²) in [4.78, 5) is 0. The summed E-state index contributed by atoms with van der Waals surface area (Å²) in [5.74, 6) is 2.49. The van der Waals surface area contributed by atoms with Gasteiger partial charge in [0, 0.05) is 0 Å². The first-order chi connectivity index (χ1) is 9.57. The molecule has 0 heterocycles. The molecule has 4 rings (SSSR count). The maximum atomic E-state index is 10.1. The summed E-state index contributed by atoms with van der Waals surface area (Å²) in [5.41, 5.74) is 3.20. The summed E-state index contributed by atoms with van der Waals surface area (Å²) < 4.78 is 0. The first-order valence-electron chi connectivity index (χ1n) is 8.07. The second-order valence-corrected chi connectivity index (χ2v) is 7.58. The predicted molar refractivity (Wildman–Crippen MR) is 78.7 cm³/mol. The topological polar surface area (TPSA) is 40.5 Å². The quantitative estimate of drug-likeness (QED) is 0.757. The van der Waals surface area contributed by atoms with E-state index in [9.17, 15) is 10.2 Å². The van der Waals surface area contributed by atoms with Crippen molar-refractivity contribution in [2.24, 2.45) is 17.3 Å². The molecule has 1 aromatic rings. The Morgan fingerprint density at radius 1 is 1.25 bits per heavy atom. The Balaban J connectivity index is 1.70. The fraction of sp³-hybridized carbons (Fsp3) is 0.667. The van der Waals surface area contributed by atoms with E-state index < -0.39 is 0 Å². The van der Waals surface area contributed by atoms with Crippen molar-refractivity contribution in [2.45, 2.75) is 57.5 Å². The lowest BCUT2D eigenvalue weighted by molar-refractivity contribution is 0.0596. The number of aliphatic hydroxyl groups is 1. The van der Waals surface area contributed by atoms with Crippen LogP contribution in [0.2, 0.25) is 0 Å². The van der Waals surface area contributed by atoms with E-state index in [1.807, 2.05) is 12.1 Å². The van der Waals surface area contributed by atoms with Crippen LogP contribution in [0.5, 0.6) is 5.75 Å². The molecule has 3 aliphatic rings. The van der Waals surface area contributed by atoms with Gasteiger partial charge < -0.3 is 10.2 Å². The Morgan fingerprint density at radius 3 is 2.95 bits per heavy atom. The molecule has 5 atom stereocenters. The van der Waals surface area contributed by atoms with E-state index in [2.05, 4.69) is 13.0 Å². The molecule has 0 aliphatic heterocycles. The summed E-state index contributed by atoms with van der Waals surface area (Å²) in [5, 5.41) is 19.8. The minimum absolute atomic E-state index is 0.0787. The second-order valence-electron chi connectivity index (χ2n) is 7.58. The van der Waals surface area contributed by atoms with Crippen molar-refractivity contribution in [1.82, 2.24) is 0 Å². The van der Waals surface area contributed by atoms with E-state index in [1.165, 1.54) is 30.4 Å². The van der Waals surface area contributed by atoms with E-state index in [4.69, 9.17) is 0 Å². The van der Waals surface area contributed by atoms with Gasteiger partial charge in [0.05, 0.1) is 6.10 Å². The predicted octanol–water partition coefficient (Wildman–Crippen LogP) is 3.61. The van der Waals surface area contributed by atoms with Gasteiger partial charge in [-0.05, 0) is 85.0 Å². The summed E-state index contributed by atoms with van der Waals surface area (Å²) in [6.45, 7) is 2.40. The van der Waals surface area contributed by atoms with Crippen LogP contribution < -0.4 is 0 Å². The number of fused-ring (bicyclic) bond motifs is 5. The van der Waals surface area contributed by atoms with Gasteiger partial charge in [0.2, 0.25) is 0 Å². The average Bonchev–Trinajstić information content (AvgIpc) is 2.72. The molecular formula is C18H24O2. The van der Waals surface area contributed by atoms with Crippen molar-refractivity contribution in [2.75, 3.05) is 0 Å². The molecule has 2 saturated carbocycles. The third-order valence-electron chi connectivity index (χ3n) is 6.46. The number of hydrogen-bond acceptors (Lipinski definition) is 2. The van der Waals surface area contributed by atoms with Crippen molar-refractivity contribution in [1.29, 1.82) is 0 Å². The standard InChI is InChI=1S/C18H24O2/c1-18-7-6-15-14-5-3-12(19)8-11(14)2-4-16(15)17(18)9-13(20)10-18/h3,5,8,13,15-17,19-20H,2,4,6-7,9-10H2,1H3/t13-,15+,16-,17-,18-/m0/s1. The van der Waals surface area contributed by atoms with Crippen LogP contribution in [0.4, 0.5) is 0 Å². The number of phenolic OH excluding ortho intramolecular Hbond substituents is 1. The van der Waals surface area contributed by atoms with Crippen molar-refractivity contribution >= 4 is 0 Å². The summed E-state index contributed by atoms with van der Waals surface area (Å²) in [6, 6.07) is 5.96. The third kappa shape index (κ3) is 1.74. The van der Waals surface area contributed by atoms with E-state index in [0.29, 0.717) is 23.0 Å². The molecule has 0 bridgehead atoms. The monoisotopic (exact) mass is 272 g/mol. The van der Waals surface area contributed by atoms with Crippen molar-refractivity contribution in [3.05, 3.63) is 29.3 Å². The Morgan fingerprint density at radius 2 is 2.10 bits per heavy atom. The lowest BCUT2D eigenvalue weighted by Gasteiger charge is -2.49. The lowest BCUT2D eigenvalue weighted by atomic mass is 9.56. The summed E-state index contributed by atoms with van der Waals surface area (Å²) >= 11 is 0. The van der Waals surface area contributed by atoms with Gasteiger partial charge in [-0.25, -0.2) is 0 Å². The van der Waals surface area contributed by atoms with Crippen molar-refractivity contribution in [3.63, 3.8) is 0 Å². The molecule has 2 N–H and O–H groups in total. The van der Waals surface area contributed by atoms with Crippen LogP contribution >= 0.6 is 0 Å². The Hall–Kier alpha value is -1.02. The molecule has 2 heteroatoms. The Kier molecular flexibility index (Phi) is 2.69. The molecule has 0 unspecified atom stereocenters. The first kappa shape index (κ1) is 12.7. The Labute approximate surface area is 120 Å². The number of aryl methyl sites for hydroxylation is 1. The summed E-state index contributed by atoms with van der Waals surface area (Å²) in [7, 11) is 0. The molecule has 1 aromatic carbocycles. The van der Waals surface area contributed by atoms with Crippen LogP contribution in [-0.2, 0) is 6.42 Å². The highest BCUT2D eigenvalue weighted by Gasteiger charge is 2.52. The number of aromatic hydroxyl groups is 1. The number of hydrogen-bond donors (Lipinski definition) is 2. The molecule has 0 amide bonds. The smallest absolute Gasteiger partial charge is 0.115 e. The van der Waals surface area contributed by atoms with Crippen molar-refractivity contribution < 1.29 is 10.2 Å². The van der Waals surface area contributed by atoms with Crippen LogP contribution in [0.1, 0.15) is 56.1 Å². The van der Waals surface area contributed by atoms with E-state index in [-0.39, 0.29) is 6.10 Å². The van der Waals surface area contributed by atoms with E-state index in [1.54, 1.807) is 0 Å². The highest BCUT2D eigenvalue weighted by Crippen LogP contribution is 2.60. The van der Waals surface area contributed by atoms with Gasteiger partial charge in [-0.2, -0.15) is 0 Å². The molecule has 0 radical (unpaired) electrons. The molecule has 20 heavy (non-hydrogen) atoms. The molecule has 2 fully saturated rings. The molecule has 108 valence electrons. The third-order valence-corrected chi connectivity index (χ3v) is 6.46. The molecule has 0 saturated heterocycles. The fourth-order valence-corrected chi connectivity index (χ4v) is 5.59. The molecule has 2 nitrogen and oxygen atoms in total. The highest BCUT2D eigenvalue weighted by molar-refractivity contribution is 5.40. The molecular weight excluding hydrogens is 248 g/mol. The number of aliphatic hydroxyl groups excluding tert-OH is 1. The van der Waals surface area contributed by atoms with Crippen LogP contribution in [0.15, 0.2) is 18.2 Å². The number of rotatable bonds is 0. The minimum Gasteiger partial charge on any atom is -0.508 e. The minimum atomic E-state index is -0.0787. The second kappa shape index (κ2) is 4.24. The molecule has 0 aromatic heterocycles. The number of benzene rings is 1. The molecule has 3 aliphatic carbocycles. The Bertz CT molecular complexity index is 538. The highest BCUT2D eigenvalue weighted by atomic mass is 16.3.